The van der Waals surface area contributed by atoms with Crippen LogP contribution in [0.15, 0.2) is 78.9 Å². The molecule has 128 valence electrons. The zero-order chi connectivity index (χ0) is 17.7. The number of ether oxygens (including phenoxy) is 2. The van der Waals surface area contributed by atoms with Gasteiger partial charge in [-0.3, -0.25) is 0 Å². The highest BCUT2D eigenvalue weighted by atomic mass is 16.5. The van der Waals surface area contributed by atoms with Gasteiger partial charge < -0.3 is 14.8 Å². The SMILES string of the molecule is CNC(c1ccccc1)(c1ccc(OC)cc1)c1ccc(OC)cc1. The summed E-state index contributed by atoms with van der Waals surface area (Å²) in [5.41, 5.74) is 3.01. The largest absolute Gasteiger partial charge is 0.497 e. The molecular weight excluding hydrogens is 310 g/mol. The quantitative estimate of drug-likeness (QED) is 0.685. The van der Waals surface area contributed by atoms with Gasteiger partial charge >= 0.3 is 0 Å². The first-order valence-corrected chi connectivity index (χ1v) is 8.28. The molecule has 0 bridgehead atoms. The van der Waals surface area contributed by atoms with E-state index >= 15 is 0 Å². The van der Waals surface area contributed by atoms with Gasteiger partial charge in [-0.15, -0.1) is 0 Å². The van der Waals surface area contributed by atoms with Gasteiger partial charge in [0.25, 0.3) is 0 Å². The van der Waals surface area contributed by atoms with E-state index in [4.69, 9.17) is 9.47 Å². The van der Waals surface area contributed by atoms with Crippen molar-refractivity contribution in [1.29, 1.82) is 0 Å². The van der Waals surface area contributed by atoms with Gasteiger partial charge in [0.15, 0.2) is 0 Å². The summed E-state index contributed by atoms with van der Waals surface area (Å²) in [6.45, 7) is 0. The van der Waals surface area contributed by atoms with Crippen molar-refractivity contribution in [2.45, 2.75) is 5.54 Å². The Labute approximate surface area is 149 Å². The first-order chi connectivity index (χ1) is 12.2. The minimum Gasteiger partial charge on any atom is -0.497 e. The molecule has 0 aliphatic rings. The number of benzene rings is 3. The number of hydrogen-bond donors (Lipinski definition) is 1. The van der Waals surface area contributed by atoms with Gasteiger partial charge in [0.1, 0.15) is 11.5 Å². The van der Waals surface area contributed by atoms with Crippen molar-refractivity contribution in [3.63, 3.8) is 0 Å². The lowest BCUT2D eigenvalue weighted by Crippen LogP contribution is -2.42. The van der Waals surface area contributed by atoms with Crippen LogP contribution in [0.1, 0.15) is 16.7 Å². The van der Waals surface area contributed by atoms with Crippen LogP contribution in [-0.4, -0.2) is 21.3 Å². The third-order valence-corrected chi connectivity index (χ3v) is 4.63. The van der Waals surface area contributed by atoms with E-state index < -0.39 is 5.54 Å². The van der Waals surface area contributed by atoms with E-state index in [-0.39, 0.29) is 0 Å². The molecule has 0 atom stereocenters. The molecule has 0 aliphatic heterocycles. The molecule has 25 heavy (non-hydrogen) atoms. The van der Waals surface area contributed by atoms with Crippen LogP contribution in [-0.2, 0) is 5.54 Å². The van der Waals surface area contributed by atoms with Crippen LogP contribution in [0.25, 0.3) is 0 Å². The number of methoxy groups -OCH3 is 2. The van der Waals surface area contributed by atoms with Crippen LogP contribution >= 0.6 is 0 Å². The molecule has 0 saturated heterocycles. The lowest BCUT2D eigenvalue weighted by atomic mass is 9.77. The fourth-order valence-corrected chi connectivity index (χ4v) is 3.30. The third-order valence-electron chi connectivity index (χ3n) is 4.63. The molecule has 1 N–H and O–H groups in total. The molecule has 3 aromatic carbocycles. The van der Waals surface area contributed by atoms with Gasteiger partial charge in [-0.2, -0.15) is 0 Å². The summed E-state index contributed by atoms with van der Waals surface area (Å²) >= 11 is 0. The van der Waals surface area contributed by atoms with E-state index in [2.05, 4.69) is 53.8 Å². The van der Waals surface area contributed by atoms with Crippen LogP contribution in [0.5, 0.6) is 11.5 Å². The second kappa shape index (κ2) is 7.41. The maximum atomic E-state index is 5.32. The lowest BCUT2D eigenvalue weighted by Gasteiger charge is -2.36. The molecule has 0 amide bonds. The summed E-state index contributed by atoms with van der Waals surface area (Å²) in [5.74, 6) is 1.69. The van der Waals surface area contributed by atoms with E-state index in [0.29, 0.717) is 0 Å². The van der Waals surface area contributed by atoms with Crippen LogP contribution in [0.3, 0.4) is 0 Å². The molecule has 0 unspecified atom stereocenters. The Bertz CT molecular complexity index is 748. The number of hydrogen-bond acceptors (Lipinski definition) is 3. The zero-order valence-corrected chi connectivity index (χ0v) is 14.8. The normalized spacial score (nSPS) is 11.2. The van der Waals surface area contributed by atoms with Gasteiger partial charge in [0.05, 0.1) is 19.8 Å². The summed E-state index contributed by atoms with van der Waals surface area (Å²) in [6.07, 6.45) is 0. The van der Waals surface area contributed by atoms with Gasteiger partial charge in [-0.05, 0) is 48.0 Å². The Hall–Kier alpha value is -2.78. The first-order valence-electron chi connectivity index (χ1n) is 8.28. The van der Waals surface area contributed by atoms with Crippen molar-refractivity contribution >= 4 is 0 Å². The monoisotopic (exact) mass is 333 g/mol. The third kappa shape index (κ3) is 3.11. The first kappa shape index (κ1) is 17.1. The van der Waals surface area contributed by atoms with Gasteiger partial charge in [0.2, 0.25) is 0 Å². The highest BCUT2D eigenvalue weighted by Gasteiger charge is 2.34. The lowest BCUT2D eigenvalue weighted by molar-refractivity contribution is 0.413. The number of nitrogens with one attached hydrogen (secondary N) is 1. The van der Waals surface area contributed by atoms with Crippen LogP contribution in [0, 0.1) is 0 Å². The summed E-state index contributed by atoms with van der Waals surface area (Å²) in [4.78, 5) is 0. The smallest absolute Gasteiger partial charge is 0.118 e. The number of rotatable bonds is 6. The van der Waals surface area contributed by atoms with E-state index in [0.717, 1.165) is 22.6 Å². The average molecular weight is 333 g/mol. The van der Waals surface area contributed by atoms with Gasteiger partial charge in [-0.25, -0.2) is 0 Å². The Morgan fingerprint density at radius 3 is 1.36 bits per heavy atom. The van der Waals surface area contributed by atoms with Crippen LogP contribution < -0.4 is 14.8 Å². The molecule has 0 radical (unpaired) electrons. The predicted molar refractivity (Wildman–Crippen MR) is 101 cm³/mol. The molecule has 0 aromatic heterocycles. The maximum Gasteiger partial charge on any atom is 0.118 e. The van der Waals surface area contributed by atoms with Crippen molar-refractivity contribution in [2.24, 2.45) is 0 Å². The summed E-state index contributed by atoms with van der Waals surface area (Å²) in [5, 5.41) is 3.56. The Morgan fingerprint density at radius 2 is 1.00 bits per heavy atom. The summed E-state index contributed by atoms with van der Waals surface area (Å²) < 4.78 is 10.6. The van der Waals surface area contributed by atoms with E-state index in [9.17, 15) is 0 Å². The molecule has 0 fully saturated rings. The average Bonchev–Trinajstić information content (AvgIpc) is 2.71. The van der Waals surface area contributed by atoms with Crippen LogP contribution in [0.2, 0.25) is 0 Å². The van der Waals surface area contributed by atoms with Crippen molar-refractivity contribution in [3.05, 3.63) is 95.6 Å². The Kier molecular flexibility index (Phi) is 5.05. The van der Waals surface area contributed by atoms with Gasteiger partial charge in [-0.1, -0.05) is 54.6 Å². The molecule has 3 rings (SSSR count). The Balaban J connectivity index is 2.21. The van der Waals surface area contributed by atoms with E-state index in [1.165, 1.54) is 5.56 Å². The molecule has 0 saturated carbocycles. The molecule has 0 spiro atoms. The molecule has 0 heterocycles. The molecule has 3 nitrogen and oxygen atoms in total. The summed E-state index contributed by atoms with van der Waals surface area (Å²) in [6, 6.07) is 26.8. The van der Waals surface area contributed by atoms with Gasteiger partial charge in [0, 0.05) is 0 Å². The fourth-order valence-electron chi connectivity index (χ4n) is 3.30. The standard InChI is InChI=1S/C22H23NO2/c1-23-22(17-7-5-4-6-8-17,18-9-13-20(24-2)14-10-18)19-11-15-21(25-3)16-12-19/h4-16,23H,1-3H3. The Morgan fingerprint density at radius 1 is 0.600 bits per heavy atom. The highest BCUT2D eigenvalue weighted by molar-refractivity contribution is 5.51. The molecule has 0 aliphatic carbocycles. The van der Waals surface area contributed by atoms with E-state index in [1.807, 2.05) is 37.4 Å². The molecule has 3 heteroatoms. The minimum absolute atomic E-state index is 0.459. The predicted octanol–water partition coefficient (Wildman–Crippen LogP) is 4.22. The summed E-state index contributed by atoms with van der Waals surface area (Å²) in [7, 11) is 5.35. The second-order valence-corrected chi connectivity index (χ2v) is 5.82. The highest BCUT2D eigenvalue weighted by Crippen LogP contribution is 2.37. The van der Waals surface area contributed by atoms with Crippen molar-refractivity contribution in [2.75, 3.05) is 21.3 Å². The van der Waals surface area contributed by atoms with E-state index in [1.54, 1.807) is 14.2 Å². The van der Waals surface area contributed by atoms with Crippen molar-refractivity contribution in [1.82, 2.24) is 5.32 Å². The molecular formula is C22H23NO2. The van der Waals surface area contributed by atoms with Crippen molar-refractivity contribution in [3.8, 4) is 11.5 Å². The zero-order valence-electron chi connectivity index (χ0n) is 14.8. The molecule has 3 aromatic rings. The topological polar surface area (TPSA) is 30.5 Å². The second-order valence-electron chi connectivity index (χ2n) is 5.82. The van der Waals surface area contributed by atoms with Crippen molar-refractivity contribution < 1.29 is 9.47 Å². The fraction of sp³-hybridized carbons (Fsp3) is 0.182. The maximum absolute atomic E-state index is 5.32. The minimum atomic E-state index is -0.459. The van der Waals surface area contributed by atoms with Crippen LogP contribution in [0.4, 0.5) is 0 Å².